The summed E-state index contributed by atoms with van der Waals surface area (Å²) in [7, 11) is 0. The van der Waals surface area contributed by atoms with Gasteiger partial charge in [0.1, 0.15) is 0 Å². The fraction of sp³-hybridized carbons (Fsp3) is 0.143. The zero-order chi connectivity index (χ0) is 25.6. The standard InChI is InChI=1S/C28H21F3N2O3.Na.H/c1-17-13-18(10-11-22(17)23-6-2-3-7-24(23)28(29,30)31)26(34)33-16-21-5-4-12-32(21)15-20-9-8-19(27(35)36)14-25(20)33;;/h2-14H,15-16H2,1H3,(H,35,36);;/q;+1;-1. The average molecular weight is 514 g/mol. The molecule has 3 aromatic carbocycles. The quantitative estimate of drug-likeness (QED) is 0.426. The molecule has 1 N–H and O–H groups in total. The molecule has 184 valence electrons. The minimum Gasteiger partial charge on any atom is -1.00 e. The fourth-order valence-corrected chi connectivity index (χ4v) is 4.66. The summed E-state index contributed by atoms with van der Waals surface area (Å²) in [5, 5.41) is 9.50. The van der Waals surface area contributed by atoms with E-state index in [0.717, 1.165) is 17.3 Å². The van der Waals surface area contributed by atoms with Gasteiger partial charge in [-0.15, -0.1) is 0 Å². The topological polar surface area (TPSA) is 62.5 Å². The van der Waals surface area contributed by atoms with E-state index in [1.165, 1.54) is 41.3 Å². The smallest absolute Gasteiger partial charge is 1.00 e. The van der Waals surface area contributed by atoms with E-state index < -0.39 is 17.7 Å². The van der Waals surface area contributed by atoms with Gasteiger partial charge in [0.05, 0.1) is 23.4 Å². The Morgan fingerprint density at radius 1 is 0.892 bits per heavy atom. The molecule has 0 aliphatic carbocycles. The van der Waals surface area contributed by atoms with Crippen LogP contribution in [0.1, 0.15) is 44.5 Å². The molecule has 0 saturated carbocycles. The third-order valence-electron chi connectivity index (χ3n) is 6.45. The normalized spacial score (nSPS) is 12.7. The fourth-order valence-electron chi connectivity index (χ4n) is 4.66. The van der Waals surface area contributed by atoms with Crippen LogP contribution in [0.5, 0.6) is 0 Å². The van der Waals surface area contributed by atoms with Crippen molar-refractivity contribution in [3.8, 4) is 11.1 Å². The summed E-state index contributed by atoms with van der Waals surface area (Å²) in [6.07, 6.45) is -2.61. The summed E-state index contributed by atoms with van der Waals surface area (Å²) < 4.78 is 42.7. The van der Waals surface area contributed by atoms with Crippen LogP contribution >= 0.6 is 0 Å². The van der Waals surface area contributed by atoms with Gasteiger partial charge in [0.25, 0.3) is 5.91 Å². The molecule has 0 saturated heterocycles. The van der Waals surface area contributed by atoms with Crippen molar-refractivity contribution in [1.29, 1.82) is 0 Å². The van der Waals surface area contributed by atoms with E-state index in [-0.39, 0.29) is 54.6 Å². The molecule has 0 fully saturated rings. The van der Waals surface area contributed by atoms with Crippen molar-refractivity contribution in [2.24, 2.45) is 0 Å². The molecular weight excluding hydrogens is 492 g/mol. The summed E-state index contributed by atoms with van der Waals surface area (Å²) in [4.78, 5) is 26.9. The predicted octanol–water partition coefficient (Wildman–Crippen LogP) is 3.51. The van der Waals surface area contributed by atoms with E-state index in [4.69, 9.17) is 0 Å². The van der Waals surface area contributed by atoms with Gasteiger partial charge in [-0.05, 0) is 71.6 Å². The Bertz CT molecular complexity index is 1520. The maximum Gasteiger partial charge on any atom is 1.00 e. The predicted molar refractivity (Wildman–Crippen MR) is 130 cm³/mol. The van der Waals surface area contributed by atoms with E-state index in [1.807, 2.05) is 22.9 Å². The molecule has 1 aliphatic heterocycles. The first-order valence-electron chi connectivity index (χ1n) is 11.2. The van der Waals surface area contributed by atoms with Crippen LogP contribution < -0.4 is 34.5 Å². The van der Waals surface area contributed by atoms with Crippen molar-refractivity contribution in [3.05, 3.63) is 113 Å². The van der Waals surface area contributed by atoms with Crippen molar-refractivity contribution in [3.63, 3.8) is 0 Å². The van der Waals surface area contributed by atoms with Crippen LogP contribution in [-0.4, -0.2) is 21.6 Å². The first-order chi connectivity index (χ1) is 17.1. The number of amides is 1. The van der Waals surface area contributed by atoms with Crippen molar-refractivity contribution >= 4 is 17.6 Å². The number of alkyl halides is 3. The number of carboxylic acids is 1. The zero-order valence-electron chi connectivity index (χ0n) is 21.2. The maximum atomic E-state index is 13.7. The molecule has 5 nitrogen and oxygen atoms in total. The van der Waals surface area contributed by atoms with Crippen molar-refractivity contribution in [1.82, 2.24) is 4.57 Å². The molecule has 1 aromatic heterocycles. The maximum absolute atomic E-state index is 13.7. The van der Waals surface area contributed by atoms with Crippen molar-refractivity contribution in [2.75, 3.05) is 4.90 Å². The van der Waals surface area contributed by atoms with Gasteiger partial charge in [-0.25, -0.2) is 4.79 Å². The monoisotopic (exact) mass is 514 g/mol. The molecule has 0 radical (unpaired) electrons. The molecule has 9 heteroatoms. The number of aromatic carboxylic acids is 1. The molecule has 0 spiro atoms. The van der Waals surface area contributed by atoms with Gasteiger partial charge >= 0.3 is 41.7 Å². The van der Waals surface area contributed by atoms with Crippen LogP contribution in [0.4, 0.5) is 18.9 Å². The molecule has 0 atom stereocenters. The molecule has 5 rings (SSSR count). The van der Waals surface area contributed by atoms with E-state index in [1.54, 1.807) is 25.1 Å². The average Bonchev–Trinajstić information content (AvgIpc) is 3.22. The number of carbonyl (C=O) groups excluding carboxylic acids is 1. The third kappa shape index (κ3) is 5.09. The molecule has 1 aliphatic rings. The molecule has 0 bridgehead atoms. The SMILES string of the molecule is Cc1cc(C(=O)N2Cc3cccn3Cc3ccc(C(=O)O)cc32)ccc1-c1ccccc1C(F)(F)F.[H-].[Na+]. The van der Waals surface area contributed by atoms with E-state index in [0.29, 0.717) is 28.9 Å². The van der Waals surface area contributed by atoms with Crippen molar-refractivity contribution < 1.29 is 58.9 Å². The summed E-state index contributed by atoms with van der Waals surface area (Å²) in [5.74, 6) is -1.47. The third-order valence-corrected chi connectivity index (χ3v) is 6.45. The Hall–Kier alpha value is -3.33. The summed E-state index contributed by atoms with van der Waals surface area (Å²) >= 11 is 0. The van der Waals surface area contributed by atoms with Gasteiger partial charge < -0.3 is 16.0 Å². The number of carboxylic acid groups (broad SMARTS) is 1. The molecular formula is C28H22F3N2NaO3. The van der Waals surface area contributed by atoms with Crippen LogP contribution in [0.25, 0.3) is 11.1 Å². The van der Waals surface area contributed by atoms with Gasteiger partial charge in [-0.1, -0.05) is 30.3 Å². The Morgan fingerprint density at radius 3 is 2.32 bits per heavy atom. The Balaban J connectivity index is 0.00000200. The molecule has 1 amide bonds. The second-order valence-electron chi connectivity index (χ2n) is 8.74. The number of hydrogen-bond donors (Lipinski definition) is 1. The van der Waals surface area contributed by atoms with Crippen LogP contribution in [0.15, 0.2) is 79.0 Å². The second-order valence-corrected chi connectivity index (χ2v) is 8.74. The summed E-state index contributed by atoms with van der Waals surface area (Å²) in [6, 6.07) is 18.5. The number of hydrogen-bond acceptors (Lipinski definition) is 2. The van der Waals surface area contributed by atoms with Crippen LogP contribution in [0, 0.1) is 6.92 Å². The number of rotatable bonds is 3. The minimum absolute atomic E-state index is 0. The van der Waals surface area contributed by atoms with Crippen LogP contribution in [0.2, 0.25) is 0 Å². The first-order valence-corrected chi connectivity index (χ1v) is 11.2. The number of aromatic nitrogens is 1. The van der Waals surface area contributed by atoms with Gasteiger partial charge in [0.2, 0.25) is 0 Å². The van der Waals surface area contributed by atoms with E-state index in [9.17, 15) is 27.9 Å². The summed E-state index contributed by atoms with van der Waals surface area (Å²) in [5.41, 5.74) is 2.74. The largest absolute Gasteiger partial charge is 1.00 e. The number of aryl methyl sites for hydroxylation is 1. The van der Waals surface area contributed by atoms with Crippen LogP contribution in [0.3, 0.4) is 0 Å². The Morgan fingerprint density at radius 2 is 1.62 bits per heavy atom. The number of halogens is 3. The zero-order valence-corrected chi connectivity index (χ0v) is 22.2. The number of benzene rings is 3. The van der Waals surface area contributed by atoms with Crippen molar-refractivity contribution in [2.45, 2.75) is 26.2 Å². The van der Waals surface area contributed by atoms with Gasteiger partial charge in [0.15, 0.2) is 0 Å². The van der Waals surface area contributed by atoms with Gasteiger partial charge in [-0.3, -0.25) is 4.79 Å². The number of carbonyl (C=O) groups is 2. The Labute approximate surface area is 234 Å². The number of nitrogens with zero attached hydrogens (tertiary/aromatic N) is 2. The van der Waals surface area contributed by atoms with Gasteiger partial charge in [-0.2, -0.15) is 13.2 Å². The first kappa shape index (κ1) is 26.7. The minimum atomic E-state index is -4.51. The molecule has 37 heavy (non-hydrogen) atoms. The molecule has 4 aromatic rings. The Kier molecular flexibility index (Phi) is 7.37. The molecule has 0 unspecified atom stereocenters. The molecule has 2 heterocycles. The number of anilines is 1. The van der Waals surface area contributed by atoms with Crippen LogP contribution in [-0.2, 0) is 19.3 Å². The van der Waals surface area contributed by atoms with Gasteiger partial charge in [0, 0.05) is 24.0 Å². The second kappa shape index (κ2) is 10.2. The van der Waals surface area contributed by atoms with E-state index in [2.05, 4.69) is 0 Å². The number of fused-ring (bicyclic) bond motifs is 2. The van der Waals surface area contributed by atoms with E-state index >= 15 is 0 Å². The summed E-state index contributed by atoms with van der Waals surface area (Å²) in [6.45, 7) is 2.37.